The van der Waals surface area contributed by atoms with Gasteiger partial charge in [-0.15, -0.1) is 0 Å². The summed E-state index contributed by atoms with van der Waals surface area (Å²) in [5.41, 5.74) is 1.36. The molecule has 1 N–H and O–H groups in total. The minimum absolute atomic E-state index is 0.110. The summed E-state index contributed by atoms with van der Waals surface area (Å²) in [6.07, 6.45) is 1.93. The second-order valence-electron chi connectivity index (χ2n) is 7.52. The average Bonchev–Trinajstić information content (AvgIpc) is 2.80. The number of likely N-dealkylation sites (tertiary alicyclic amines) is 1. The van der Waals surface area contributed by atoms with E-state index in [4.69, 9.17) is 0 Å². The number of benzene rings is 2. The highest BCUT2D eigenvalue weighted by atomic mass is 33.1. The first kappa shape index (κ1) is 22.9. The van der Waals surface area contributed by atoms with E-state index in [0.29, 0.717) is 6.04 Å². The summed E-state index contributed by atoms with van der Waals surface area (Å²) in [4.78, 5) is 25.8. The van der Waals surface area contributed by atoms with Gasteiger partial charge in [-0.25, -0.2) is 4.31 Å². The number of esters is 1. The van der Waals surface area contributed by atoms with Gasteiger partial charge in [0.25, 0.3) is 0 Å². The van der Waals surface area contributed by atoms with E-state index in [0.717, 1.165) is 25.9 Å². The number of fused-ring (bicyclic) bond motifs is 1. The molecule has 1 aliphatic rings. The maximum absolute atomic E-state index is 12.1. The number of hydrogen-bond acceptors (Lipinski definition) is 7. The van der Waals surface area contributed by atoms with Crippen molar-refractivity contribution in [3.63, 3.8) is 0 Å². The number of rotatable bonds is 8. The number of nitrogens with one attached hydrogen (secondary N) is 1. The maximum atomic E-state index is 12.1. The minimum atomic E-state index is -0.454. The molecule has 2 aromatic carbocycles. The van der Waals surface area contributed by atoms with Gasteiger partial charge >= 0.3 is 5.97 Å². The molecule has 3 rings (SSSR count). The summed E-state index contributed by atoms with van der Waals surface area (Å²) in [5.74, 6) is -0.655. The number of nitrogens with zero attached hydrogens (tertiary/aromatic N) is 2. The van der Waals surface area contributed by atoms with Crippen LogP contribution in [0.25, 0.3) is 10.8 Å². The molecular formula is C22H29N3O3S2. The van der Waals surface area contributed by atoms with E-state index in [9.17, 15) is 9.59 Å². The van der Waals surface area contributed by atoms with E-state index in [1.54, 1.807) is 0 Å². The van der Waals surface area contributed by atoms with Crippen LogP contribution in [0.1, 0.15) is 31.4 Å². The maximum Gasteiger partial charge on any atom is 0.325 e. The van der Waals surface area contributed by atoms with Crippen molar-refractivity contribution in [2.45, 2.75) is 31.8 Å². The Labute approximate surface area is 187 Å². The first-order valence-corrected chi connectivity index (χ1v) is 12.0. The van der Waals surface area contributed by atoms with E-state index in [-0.39, 0.29) is 25.0 Å². The predicted molar refractivity (Wildman–Crippen MR) is 125 cm³/mol. The highest BCUT2D eigenvalue weighted by Gasteiger charge is 2.29. The van der Waals surface area contributed by atoms with Crippen LogP contribution in [0, 0.1) is 0 Å². The third-order valence-electron chi connectivity index (χ3n) is 5.79. The molecule has 0 radical (unpaired) electrons. The van der Waals surface area contributed by atoms with E-state index in [1.165, 1.54) is 34.4 Å². The van der Waals surface area contributed by atoms with Crippen LogP contribution in [-0.4, -0.2) is 60.4 Å². The first-order valence-electron chi connectivity index (χ1n) is 10.2. The molecule has 0 aromatic heterocycles. The van der Waals surface area contributed by atoms with Crippen LogP contribution >= 0.6 is 22.6 Å². The normalized spacial score (nSPS) is 16.5. The molecule has 1 saturated heterocycles. The number of hydrogen-bond donors (Lipinski definition) is 2. The van der Waals surface area contributed by atoms with Gasteiger partial charge < -0.3 is 10.1 Å². The third kappa shape index (κ3) is 5.69. The minimum Gasteiger partial charge on any atom is -0.468 e. The van der Waals surface area contributed by atoms with Crippen LogP contribution < -0.4 is 5.32 Å². The lowest BCUT2D eigenvalue weighted by molar-refractivity contribution is -0.141. The Morgan fingerprint density at radius 1 is 1.23 bits per heavy atom. The lowest BCUT2D eigenvalue weighted by Crippen LogP contribution is -2.46. The Kier molecular flexibility index (Phi) is 8.44. The fraction of sp³-hybridized carbons (Fsp3) is 0.455. The average molecular weight is 448 g/mol. The summed E-state index contributed by atoms with van der Waals surface area (Å²) < 4.78 is 6.55. The summed E-state index contributed by atoms with van der Waals surface area (Å²) in [5, 5.41) is 5.17. The Hall–Kier alpha value is -1.74. The molecule has 0 aliphatic carbocycles. The molecule has 1 fully saturated rings. The van der Waals surface area contributed by atoms with Crippen LogP contribution in [0.4, 0.5) is 0 Å². The molecule has 0 saturated carbocycles. The number of thiol groups is 1. The first-order chi connectivity index (χ1) is 14.5. The standard InChI is InChI=1S/C22H29N3O3S2/c1-16(19-9-5-7-17-6-3-4-8-20(17)19)24-12-10-18(11-13-24)25(30-29)15-21(26)23-14-22(27)28-2/h3-9,16,18,29H,10-15H2,1-2H3,(H,23,26). The van der Waals surface area contributed by atoms with Crippen LogP contribution in [-0.2, 0) is 14.3 Å². The number of carbonyl (C=O) groups excluding carboxylic acids is 2. The van der Waals surface area contributed by atoms with Crippen molar-refractivity contribution in [2.24, 2.45) is 0 Å². The molecule has 8 heteroatoms. The largest absolute Gasteiger partial charge is 0.468 e. The number of ether oxygens (including phenoxy) is 1. The number of piperidine rings is 1. The zero-order valence-electron chi connectivity index (χ0n) is 17.4. The third-order valence-corrected chi connectivity index (χ3v) is 7.06. The van der Waals surface area contributed by atoms with Gasteiger partial charge in [0.2, 0.25) is 5.91 Å². The smallest absolute Gasteiger partial charge is 0.325 e. The summed E-state index contributed by atoms with van der Waals surface area (Å²) in [7, 11) is 2.59. The highest BCUT2D eigenvalue weighted by Crippen LogP contribution is 2.32. The second kappa shape index (κ2) is 11.0. The van der Waals surface area contributed by atoms with Gasteiger partial charge in [0.15, 0.2) is 0 Å². The zero-order valence-corrected chi connectivity index (χ0v) is 19.1. The van der Waals surface area contributed by atoms with Gasteiger partial charge in [-0.05, 0) is 47.1 Å². The Bertz CT molecular complexity index is 866. The van der Waals surface area contributed by atoms with E-state index in [1.807, 2.05) is 4.31 Å². The molecule has 162 valence electrons. The zero-order chi connectivity index (χ0) is 21.5. The monoisotopic (exact) mass is 447 g/mol. The van der Waals surface area contributed by atoms with E-state index < -0.39 is 5.97 Å². The quantitative estimate of drug-likeness (QED) is 0.280. The van der Waals surface area contributed by atoms with Gasteiger partial charge in [0.1, 0.15) is 6.54 Å². The molecular weight excluding hydrogens is 418 g/mol. The van der Waals surface area contributed by atoms with E-state index in [2.05, 4.69) is 76.0 Å². The van der Waals surface area contributed by atoms with Gasteiger partial charge in [0, 0.05) is 25.2 Å². The molecule has 1 atom stereocenters. The number of amides is 1. The van der Waals surface area contributed by atoms with Crippen molar-refractivity contribution < 1.29 is 14.3 Å². The molecule has 1 aliphatic heterocycles. The van der Waals surface area contributed by atoms with Crippen LogP contribution in [0.5, 0.6) is 0 Å². The molecule has 6 nitrogen and oxygen atoms in total. The van der Waals surface area contributed by atoms with Crippen LogP contribution in [0.15, 0.2) is 42.5 Å². The Morgan fingerprint density at radius 3 is 2.63 bits per heavy atom. The van der Waals surface area contributed by atoms with Crippen molar-refractivity contribution in [3.8, 4) is 0 Å². The van der Waals surface area contributed by atoms with Crippen LogP contribution in [0.2, 0.25) is 0 Å². The fourth-order valence-corrected chi connectivity index (χ4v) is 5.13. The molecule has 1 heterocycles. The summed E-state index contributed by atoms with van der Waals surface area (Å²) in [6, 6.07) is 15.6. The Balaban J connectivity index is 1.56. The van der Waals surface area contributed by atoms with Crippen molar-refractivity contribution in [3.05, 3.63) is 48.0 Å². The topological polar surface area (TPSA) is 61.9 Å². The van der Waals surface area contributed by atoms with Gasteiger partial charge in [0.05, 0.1) is 13.7 Å². The Morgan fingerprint density at radius 2 is 1.93 bits per heavy atom. The molecule has 0 bridgehead atoms. The second-order valence-corrected chi connectivity index (χ2v) is 8.64. The van der Waals surface area contributed by atoms with E-state index >= 15 is 0 Å². The number of methoxy groups -OCH3 is 1. The van der Waals surface area contributed by atoms with Crippen molar-refractivity contribution >= 4 is 45.3 Å². The van der Waals surface area contributed by atoms with Gasteiger partial charge in [-0.1, -0.05) is 54.1 Å². The van der Waals surface area contributed by atoms with Gasteiger partial charge in [-0.3, -0.25) is 14.5 Å². The molecule has 1 unspecified atom stereocenters. The summed E-state index contributed by atoms with van der Waals surface area (Å²) in [6.45, 7) is 4.29. The summed E-state index contributed by atoms with van der Waals surface area (Å²) >= 11 is 4.35. The fourth-order valence-electron chi connectivity index (χ4n) is 4.04. The van der Waals surface area contributed by atoms with Gasteiger partial charge in [-0.2, -0.15) is 0 Å². The highest BCUT2D eigenvalue weighted by molar-refractivity contribution is 8.67. The van der Waals surface area contributed by atoms with Crippen molar-refractivity contribution in [1.82, 2.24) is 14.5 Å². The van der Waals surface area contributed by atoms with Crippen molar-refractivity contribution in [2.75, 3.05) is 33.3 Å². The predicted octanol–water partition coefficient (Wildman–Crippen LogP) is 3.45. The SMILES string of the molecule is COC(=O)CNC(=O)CN(SS)C1CCN(C(C)c2cccc3ccccc23)CC1. The lowest BCUT2D eigenvalue weighted by Gasteiger charge is -2.39. The number of carbonyl (C=O) groups is 2. The van der Waals surface area contributed by atoms with Crippen molar-refractivity contribution in [1.29, 1.82) is 0 Å². The molecule has 30 heavy (non-hydrogen) atoms. The lowest BCUT2D eigenvalue weighted by atomic mass is 9.96. The molecule has 2 aromatic rings. The van der Waals surface area contributed by atoms with Crippen LogP contribution in [0.3, 0.4) is 0 Å². The molecule has 1 amide bonds. The molecule has 0 spiro atoms.